The Hall–Kier alpha value is -1.42. The van der Waals surface area contributed by atoms with Gasteiger partial charge in [0.15, 0.2) is 0 Å². The van der Waals surface area contributed by atoms with Crippen molar-refractivity contribution in [1.82, 2.24) is 5.32 Å². The van der Waals surface area contributed by atoms with Crippen molar-refractivity contribution >= 4 is 28.9 Å². The van der Waals surface area contributed by atoms with Crippen LogP contribution in [-0.4, -0.2) is 18.5 Å². The van der Waals surface area contributed by atoms with Crippen molar-refractivity contribution in [1.29, 1.82) is 0 Å². The fourth-order valence-corrected chi connectivity index (χ4v) is 1.54. The van der Waals surface area contributed by atoms with Crippen LogP contribution < -0.4 is 16.4 Å². The molecule has 1 aromatic carbocycles. The summed E-state index contributed by atoms with van der Waals surface area (Å²) in [6.07, 6.45) is 2.18. The van der Waals surface area contributed by atoms with E-state index in [0.717, 1.165) is 12.8 Å². The van der Waals surface area contributed by atoms with Crippen LogP contribution >= 0.6 is 11.6 Å². The zero-order chi connectivity index (χ0) is 11.5. The Labute approximate surface area is 99.2 Å². The molecule has 4 nitrogen and oxygen atoms in total. The van der Waals surface area contributed by atoms with Gasteiger partial charge in [0.1, 0.15) is 0 Å². The van der Waals surface area contributed by atoms with Crippen molar-refractivity contribution in [2.45, 2.75) is 18.9 Å². The van der Waals surface area contributed by atoms with E-state index >= 15 is 0 Å². The van der Waals surface area contributed by atoms with Crippen LogP contribution in [0.3, 0.4) is 0 Å². The van der Waals surface area contributed by atoms with E-state index in [4.69, 9.17) is 17.3 Å². The molecular formula is C11H14ClN3O. The number of carbonyl (C=O) groups is 1. The van der Waals surface area contributed by atoms with E-state index in [-0.39, 0.29) is 12.5 Å². The van der Waals surface area contributed by atoms with Crippen LogP contribution in [0.15, 0.2) is 18.2 Å². The summed E-state index contributed by atoms with van der Waals surface area (Å²) < 4.78 is 0. The van der Waals surface area contributed by atoms with Crippen molar-refractivity contribution in [3.63, 3.8) is 0 Å². The van der Waals surface area contributed by atoms with Gasteiger partial charge >= 0.3 is 0 Å². The molecule has 0 saturated heterocycles. The summed E-state index contributed by atoms with van der Waals surface area (Å²) in [5.41, 5.74) is 7.02. The molecular weight excluding hydrogens is 226 g/mol. The first kappa shape index (κ1) is 11.1. The van der Waals surface area contributed by atoms with E-state index in [9.17, 15) is 4.79 Å². The first-order valence-electron chi connectivity index (χ1n) is 5.23. The first-order valence-corrected chi connectivity index (χ1v) is 5.61. The molecule has 1 aliphatic carbocycles. The van der Waals surface area contributed by atoms with E-state index in [2.05, 4.69) is 10.6 Å². The van der Waals surface area contributed by atoms with Gasteiger partial charge in [-0.05, 0) is 31.0 Å². The summed E-state index contributed by atoms with van der Waals surface area (Å²) in [4.78, 5) is 11.4. The molecule has 0 radical (unpaired) electrons. The number of nitrogen functional groups attached to an aromatic ring is 1. The highest BCUT2D eigenvalue weighted by Crippen LogP contribution is 2.22. The molecule has 1 aromatic rings. The van der Waals surface area contributed by atoms with Crippen LogP contribution in [0.4, 0.5) is 11.4 Å². The Kier molecular flexibility index (Phi) is 3.19. The second-order valence-corrected chi connectivity index (χ2v) is 4.36. The molecule has 4 N–H and O–H groups in total. The highest BCUT2D eigenvalue weighted by atomic mass is 35.5. The normalized spacial score (nSPS) is 14.6. The Morgan fingerprint density at radius 3 is 2.94 bits per heavy atom. The summed E-state index contributed by atoms with van der Waals surface area (Å²) in [6, 6.07) is 5.52. The molecule has 16 heavy (non-hydrogen) atoms. The number of amides is 1. The highest BCUT2D eigenvalue weighted by Gasteiger charge is 2.22. The number of anilines is 2. The zero-order valence-corrected chi connectivity index (χ0v) is 9.55. The largest absolute Gasteiger partial charge is 0.397 e. The molecule has 5 heteroatoms. The second kappa shape index (κ2) is 4.61. The molecule has 1 amide bonds. The lowest BCUT2D eigenvalue weighted by Crippen LogP contribution is -2.31. The maximum atomic E-state index is 11.4. The Morgan fingerprint density at radius 1 is 1.50 bits per heavy atom. The number of hydrogen-bond donors (Lipinski definition) is 3. The van der Waals surface area contributed by atoms with Crippen molar-refractivity contribution in [3.8, 4) is 0 Å². The van der Waals surface area contributed by atoms with Gasteiger partial charge in [0.25, 0.3) is 0 Å². The van der Waals surface area contributed by atoms with Crippen LogP contribution in [0, 0.1) is 0 Å². The number of halogens is 1. The van der Waals surface area contributed by atoms with Gasteiger partial charge in [0.05, 0.1) is 17.9 Å². The van der Waals surface area contributed by atoms with Crippen LogP contribution in [0.2, 0.25) is 5.02 Å². The van der Waals surface area contributed by atoms with Gasteiger partial charge in [-0.3, -0.25) is 4.79 Å². The molecule has 1 aliphatic rings. The first-order chi connectivity index (χ1) is 7.65. The lowest BCUT2D eigenvalue weighted by Gasteiger charge is -2.09. The number of benzene rings is 1. The fraction of sp³-hybridized carbons (Fsp3) is 0.364. The van der Waals surface area contributed by atoms with Crippen molar-refractivity contribution in [3.05, 3.63) is 23.2 Å². The van der Waals surface area contributed by atoms with Crippen LogP contribution in [0.25, 0.3) is 0 Å². The van der Waals surface area contributed by atoms with Crippen molar-refractivity contribution < 1.29 is 4.79 Å². The van der Waals surface area contributed by atoms with Gasteiger partial charge in [-0.15, -0.1) is 0 Å². The smallest absolute Gasteiger partial charge is 0.239 e. The zero-order valence-electron chi connectivity index (χ0n) is 8.79. The van der Waals surface area contributed by atoms with Gasteiger partial charge in [-0.2, -0.15) is 0 Å². The lowest BCUT2D eigenvalue weighted by atomic mass is 10.2. The van der Waals surface area contributed by atoms with E-state index in [1.54, 1.807) is 18.2 Å². The van der Waals surface area contributed by atoms with Crippen LogP contribution in [0.1, 0.15) is 12.8 Å². The summed E-state index contributed by atoms with van der Waals surface area (Å²) in [5.74, 6) is -0.0122. The quantitative estimate of drug-likeness (QED) is 0.700. The van der Waals surface area contributed by atoms with E-state index in [0.29, 0.717) is 22.4 Å². The van der Waals surface area contributed by atoms with E-state index in [1.807, 2.05) is 0 Å². The summed E-state index contributed by atoms with van der Waals surface area (Å²) in [7, 11) is 0. The van der Waals surface area contributed by atoms with Crippen molar-refractivity contribution in [2.24, 2.45) is 0 Å². The Bertz CT molecular complexity index is 404. The molecule has 0 aromatic heterocycles. The van der Waals surface area contributed by atoms with E-state index in [1.165, 1.54) is 0 Å². The standard InChI is InChI=1S/C11H14ClN3O/c12-7-1-4-9(13)10(5-7)14-6-11(16)15-8-2-3-8/h1,4-5,8,14H,2-3,6,13H2,(H,15,16). The second-order valence-electron chi connectivity index (χ2n) is 3.93. The summed E-state index contributed by atoms with van der Waals surface area (Å²) >= 11 is 5.83. The number of rotatable bonds is 4. The number of nitrogens with two attached hydrogens (primary N) is 1. The van der Waals surface area contributed by atoms with Gasteiger partial charge < -0.3 is 16.4 Å². The van der Waals surface area contributed by atoms with E-state index < -0.39 is 0 Å². The van der Waals surface area contributed by atoms with Crippen molar-refractivity contribution in [2.75, 3.05) is 17.6 Å². The fourth-order valence-electron chi connectivity index (χ4n) is 1.36. The van der Waals surface area contributed by atoms with Crippen LogP contribution in [-0.2, 0) is 4.79 Å². The lowest BCUT2D eigenvalue weighted by molar-refractivity contribution is -0.119. The molecule has 0 unspecified atom stereocenters. The molecule has 0 spiro atoms. The number of carbonyl (C=O) groups excluding carboxylic acids is 1. The molecule has 2 rings (SSSR count). The molecule has 86 valence electrons. The SMILES string of the molecule is Nc1ccc(Cl)cc1NCC(=O)NC1CC1. The Morgan fingerprint density at radius 2 is 2.25 bits per heavy atom. The van der Waals surface area contributed by atoms with Gasteiger partial charge in [-0.1, -0.05) is 11.6 Å². The molecule has 0 heterocycles. The summed E-state index contributed by atoms with van der Waals surface area (Å²) in [6.45, 7) is 0.223. The minimum atomic E-state index is -0.0122. The third kappa shape index (κ3) is 3.03. The predicted octanol–water partition coefficient (Wildman–Crippen LogP) is 1.61. The monoisotopic (exact) mass is 239 g/mol. The predicted molar refractivity (Wildman–Crippen MR) is 65.5 cm³/mol. The van der Waals surface area contributed by atoms with Gasteiger partial charge in [0.2, 0.25) is 5.91 Å². The highest BCUT2D eigenvalue weighted by molar-refractivity contribution is 6.31. The van der Waals surface area contributed by atoms with Gasteiger partial charge in [0, 0.05) is 11.1 Å². The molecule has 0 bridgehead atoms. The average Bonchev–Trinajstić information content (AvgIpc) is 3.03. The molecule has 1 fully saturated rings. The molecule has 1 saturated carbocycles. The Balaban J connectivity index is 1.87. The number of hydrogen-bond acceptors (Lipinski definition) is 3. The maximum Gasteiger partial charge on any atom is 0.239 e. The average molecular weight is 240 g/mol. The molecule has 0 aliphatic heterocycles. The minimum absolute atomic E-state index is 0.0122. The minimum Gasteiger partial charge on any atom is -0.397 e. The summed E-state index contributed by atoms with van der Waals surface area (Å²) in [5, 5.41) is 6.44. The van der Waals surface area contributed by atoms with Crippen LogP contribution in [0.5, 0.6) is 0 Å². The maximum absolute atomic E-state index is 11.4. The third-order valence-electron chi connectivity index (χ3n) is 2.40. The topological polar surface area (TPSA) is 67.1 Å². The molecule has 0 atom stereocenters. The third-order valence-corrected chi connectivity index (χ3v) is 2.63. The number of nitrogens with one attached hydrogen (secondary N) is 2. The van der Waals surface area contributed by atoms with Gasteiger partial charge in [-0.25, -0.2) is 0 Å².